The predicted octanol–water partition coefficient (Wildman–Crippen LogP) is 1.95. The number of aromatic carboxylic acids is 1. The maximum Gasteiger partial charge on any atom is 0.339 e. The van der Waals surface area contributed by atoms with Crippen molar-refractivity contribution in [1.29, 1.82) is 0 Å². The van der Waals surface area contributed by atoms with Gasteiger partial charge in [-0.15, -0.1) is 0 Å². The van der Waals surface area contributed by atoms with E-state index >= 15 is 0 Å². The second-order valence-electron chi connectivity index (χ2n) is 4.09. The largest absolute Gasteiger partial charge is 0.493 e. The van der Waals surface area contributed by atoms with E-state index in [2.05, 4.69) is 0 Å². The first kappa shape index (κ1) is 12.7. The van der Waals surface area contributed by atoms with Crippen LogP contribution in [0.4, 0.5) is 0 Å². The standard InChI is InChI=1S/C13H16O5/c1-16-11-6-2-5-10(13(14)15)12(11)18-8-9-4-3-7-17-9/h2,5-6,9H,3-4,7-8H2,1H3,(H,14,15). The normalized spacial score (nSPS) is 18.6. The lowest BCUT2D eigenvalue weighted by Crippen LogP contribution is -2.17. The van der Waals surface area contributed by atoms with Crippen LogP contribution < -0.4 is 9.47 Å². The minimum Gasteiger partial charge on any atom is -0.493 e. The van der Waals surface area contributed by atoms with Gasteiger partial charge < -0.3 is 19.3 Å². The van der Waals surface area contributed by atoms with E-state index in [1.807, 2.05) is 0 Å². The first-order chi connectivity index (χ1) is 8.72. The molecule has 1 saturated heterocycles. The molecule has 1 fully saturated rings. The fraction of sp³-hybridized carbons (Fsp3) is 0.462. The molecule has 0 aliphatic carbocycles. The number of hydrogen-bond donors (Lipinski definition) is 1. The summed E-state index contributed by atoms with van der Waals surface area (Å²) in [6.45, 7) is 1.09. The lowest BCUT2D eigenvalue weighted by atomic mass is 10.2. The Morgan fingerprint density at radius 2 is 2.39 bits per heavy atom. The smallest absolute Gasteiger partial charge is 0.339 e. The van der Waals surface area contributed by atoms with E-state index in [9.17, 15) is 4.79 Å². The van der Waals surface area contributed by atoms with Crippen LogP contribution in [0.15, 0.2) is 18.2 Å². The van der Waals surface area contributed by atoms with Crippen molar-refractivity contribution in [3.63, 3.8) is 0 Å². The van der Waals surface area contributed by atoms with Crippen molar-refractivity contribution in [2.45, 2.75) is 18.9 Å². The fourth-order valence-corrected chi connectivity index (χ4v) is 1.95. The molecular formula is C13H16O5. The Morgan fingerprint density at radius 3 is 3.00 bits per heavy atom. The lowest BCUT2D eigenvalue weighted by molar-refractivity contribution is 0.0621. The number of carbonyl (C=O) groups is 1. The molecule has 1 aromatic rings. The first-order valence-electron chi connectivity index (χ1n) is 5.87. The molecule has 1 atom stereocenters. The van der Waals surface area contributed by atoms with Gasteiger partial charge in [0.2, 0.25) is 0 Å². The lowest BCUT2D eigenvalue weighted by Gasteiger charge is -2.15. The number of benzene rings is 1. The van der Waals surface area contributed by atoms with Gasteiger partial charge in [0, 0.05) is 6.61 Å². The number of methoxy groups -OCH3 is 1. The van der Waals surface area contributed by atoms with Crippen molar-refractivity contribution in [1.82, 2.24) is 0 Å². The van der Waals surface area contributed by atoms with Gasteiger partial charge in [-0.05, 0) is 25.0 Å². The highest BCUT2D eigenvalue weighted by Gasteiger charge is 2.20. The first-order valence-corrected chi connectivity index (χ1v) is 5.87. The van der Waals surface area contributed by atoms with Crippen LogP contribution in [0.1, 0.15) is 23.2 Å². The third-order valence-corrected chi connectivity index (χ3v) is 2.87. The Bertz CT molecular complexity index is 423. The Kier molecular flexibility index (Phi) is 4.04. The molecule has 0 spiro atoms. The molecule has 0 bridgehead atoms. The molecule has 1 heterocycles. The van der Waals surface area contributed by atoms with Gasteiger partial charge in [-0.2, -0.15) is 0 Å². The fourth-order valence-electron chi connectivity index (χ4n) is 1.95. The van der Waals surface area contributed by atoms with E-state index in [4.69, 9.17) is 19.3 Å². The molecule has 1 unspecified atom stereocenters. The zero-order chi connectivity index (χ0) is 13.0. The summed E-state index contributed by atoms with van der Waals surface area (Å²) in [7, 11) is 1.49. The van der Waals surface area contributed by atoms with E-state index in [0.717, 1.165) is 19.4 Å². The molecule has 18 heavy (non-hydrogen) atoms. The average molecular weight is 252 g/mol. The molecule has 1 N–H and O–H groups in total. The van der Waals surface area contributed by atoms with Gasteiger partial charge in [0.1, 0.15) is 12.2 Å². The second kappa shape index (κ2) is 5.73. The summed E-state index contributed by atoms with van der Waals surface area (Å²) in [6.07, 6.45) is 2.00. The van der Waals surface area contributed by atoms with Gasteiger partial charge in [-0.1, -0.05) is 6.07 Å². The van der Waals surface area contributed by atoms with Crippen LogP contribution in [-0.2, 0) is 4.74 Å². The molecule has 1 aliphatic rings. The van der Waals surface area contributed by atoms with Crippen molar-refractivity contribution >= 4 is 5.97 Å². The van der Waals surface area contributed by atoms with Gasteiger partial charge in [-0.3, -0.25) is 0 Å². The summed E-state index contributed by atoms with van der Waals surface area (Å²) in [6, 6.07) is 4.80. The van der Waals surface area contributed by atoms with Crippen molar-refractivity contribution < 1.29 is 24.1 Å². The van der Waals surface area contributed by atoms with Crippen LogP contribution in [0.3, 0.4) is 0 Å². The van der Waals surface area contributed by atoms with Crippen molar-refractivity contribution in [3.8, 4) is 11.5 Å². The molecule has 5 nitrogen and oxygen atoms in total. The van der Waals surface area contributed by atoms with Crippen molar-refractivity contribution in [3.05, 3.63) is 23.8 Å². The van der Waals surface area contributed by atoms with E-state index in [1.165, 1.54) is 13.2 Å². The summed E-state index contributed by atoms with van der Waals surface area (Å²) in [4.78, 5) is 11.1. The molecule has 98 valence electrons. The number of para-hydroxylation sites is 1. The topological polar surface area (TPSA) is 65.0 Å². The van der Waals surface area contributed by atoms with Crippen LogP contribution in [-0.4, -0.2) is 37.5 Å². The monoisotopic (exact) mass is 252 g/mol. The highest BCUT2D eigenvalue weighted by atomic mass is 16.5. The number of ether oxygens (including phenoxy) is 3. The van der Waals surface area contributed by atoms with E-state index in [1.54, 1.807) is 12.1 Å². The van der Waals surface area contributed by atoms with Crippen LogP contribution in [0.25, 0.3) is 0 Å². The van der Waals surface area contributed by atoms with Crippen LogP contribution in [0.2, 0.25) is 0 Å². The van der Waals surface area contributed by atoms with Crippen LogP contribution in [0.5, 0.6) is 11.5 Å². The molecule has 0 amide bonds. The third kappa shape index (κ3) is 2.73. The zero-order valence-corrected chi connectivity index (χ0v) is 10.2. The predicted molar refractivity (Wildman–Crippen MR) is 64.4 cm³/mol. The highest BCUT2D eigenvalue weighted by molar-refractivity contribution is 5.92. The molecule has 5 heteroatoms. The Hall–Kier alpha value is -1.75. The number of carboxylic acids is 1. The van der Waals surface area contributed by atoms with Crippen LogP contribution >= 0.6 is 0 Å². The molecular weight excluding hydrogens is 236 g/mol. The molecule has 1 aliphatic heterocycles. The summed E-state index contributed by atoms with van der Waals surface area (Å²) in [5, 5.41) is 9.11. The summed E-state index contributed by atoms with van der Waals surface area (Å²) in [5.74, 6) is -0.341. The number of rotatable bonds is 5. The number of hydrogen-bond acceptors (Lipinski definition) is 4. The molecule has 1 aromatic carbocycles. The third-order valence-electron chi connectivity index (χ3n) is 2.87. The van der Waals surface area contributed by atoms with Gasteiger partial charge in [0.05, 0.1) is 13.2 Å². The molecule has 0 aromatic heterocycles. The Labute approximate surface area is 105 Å². The van der Waals surface area contributed by atoms with Gasteiger partial charge in [0.25, 0.3) is 0 Å². The molecule has 2 rings (SSSR count). The quantitative estimate of drug-likeness (QED) is 0.867. The summed E-state index contributed by atoms with van der Waals surface area (Å²) < 4.78 is 16.1. The Balaban J connectivity index is 2.15. The van der Waals surface area contributed by atoms with Crippen molar-refractivity contribution in [2.75, 3.05) is 20.3 Å². The summed E-state index contributed by atoms with van der Waals surface area (Å²) >= 11 is 0. The maximum absolute atomic E-state index is 11.1. The van der Waals surface area contributed by atoms with E-state index < -0.39 is 5.97 Å². The van der Waals surface area contributed by atoms with Gasteiger partial charge >= 0.3 is 5.97 Å². The SMILES string of the molecule is COc1cccc(C(=O)O)c1OCC1CCCO1. The van der Waals surface area contributed by atoms with Crippen LogP contribution in [0, 0.1) is 0 Å². The van der Waals surface area contributed by atoms with Gasteiger partial charge in [-0.25, -0.2) is 4.79 Å². The minimum absolute atomic E-state index is 0.0385. The average Bonchev–Trinajstić information content (AvgIpc) is 2.88. The van der Waals surface area contributed by atoms with Crippen molar-refractivity contribution in [2.24, 2.45) is 0 Å². The van der Waals surface area contributed by atoms with Gasteiger partial charge in [0.15, 0.2) is 11.5 Å². The maximum atomic E-state index is 11.1. The molecule has 0 saturated carbocycles. The Morgan fingerprint density at radius 1 is 1.56 bits per heavy atom. The minimum atomic E-state index is -1.03. The molecule has 0 radical (unpaired) electrons. The van der Waals surface area contributed by atoms with E-state index in [0.29, 0.717) is 12.4 Å². The zero-order valence-electron chi connectivity index (χ0n) is 10.2. The summed E-state index contributed by atoms with van der Waals surface area (Å²) in [5.41, 5.74) is 0.104. The highest BCUT2D eigenvalue weighted by Crippen LogP contribution is 2.31. The number of carboxylic acid groups (broad SMARTS) is 1. The van der Waals surface area contributed by atoms with E-state index in [-0.39, 0.29) is 17.4 Å². The second-order valence-corrected chi connectivity index (χ2v) is 4.09.